The van der Waals surface area contributed by atoms with E-state index in [1.54, 1.807) is 0 Å². The van der Waals surface area contributed by atoms with Crippen LogP contribution in [0.3, 0.4) is 0 Å². The Kier molecular flexibility index (Phi) is 4.25. The summed E-state index contributed by atoms with van der Waals surface area (Å²) in [6.07, 6.45) is 0. The number of rotatable bonds is 5. The predicted molar refractivity (Wildman–Crippen MR) is 77.4 cm³/mol. The average Bonchev–Trinajstić information content (AvgIpc) is 2.78. The number of hydrogen-bond donors (Lipinski definition) is 1. The van der Waals surface area contributed by atoms with Crippen LogP contribution >= 0.6 is 0 Å². The van der Waals surface area contributed by atoms with Gasteiger partial charge in [-0.1, -0.05) is 19.9 Å². The van der Waals surface area contributed by atoms with Gasteiger partial charge in [-0.25, -0.2) is 0 Å². The summed E-state index contributed by atoms with van der Waals surface area (Å²) in [4.78, 5) is 5.03. The van der Waals surface area contributed by atoms with E-state index >= 15 is 0 Å². The molecular weight excluding hydrogens is 222 g/mol. The molecule has 0 fully saturated rings. The Morgan fingerprint density at radius 2 is 1.89 bits per heavy atom. The normalized spacial score (nSPS) is 17.1. The standard InChI is InChI=1S/C15H25N3/c1-4-17(5-2)9-12(3)18-10-13-6-7-15(16)8-14(13)11-18/h6-8,12H,4-5,9-11,16H2,1-3H3. The number of likely N-dealkylation sites (N-methyl/N-ethyl adjacent to an activating group) is 1. The Morgan fingerprint density at radius 3 is 2.56 bits per heavy atom. The summed E-state index contributed by atoms with van der Waals surface area (Å²) in [7, 11) is 0. The van der Waals surface area contributed by atoms with E-state index in [2.05, 4.69) is 42.7 Å². The molecule has 3 heteroatoms. The highest BCUT2D eigenvalue weighted by Crippen LogP contribution is 2.26. The zero-order chi connectivity index (χ0) is 13.1. The lowest BCUT2D eigenvalue weighted by atomic mass is 10.1. The number of nitrogen functional groups attached to an aromatic ring is 1. The van der Waals surface area contributed by atoms with Crippen molar-refractivity contribution in [1.82, 2.24) is 9.80 Å². The smallest absolute Gasteiger partial charge is 0.0317 e. The second-order valence-corrected chi connectivity index (χ2v) is 5.27. The summed E-state index contributed by atoms with van der Waals surface area (Å²) >= 11 is 0. The summed E-state index contributed by atoms with van der Waals surface area (Å²) in [6.45, 7) is 12.3. The molecule has 0 bridgehead atoms. The maximum atomic E-state index is 5.85. The van der Waals surface area contributed by atoms with Gasteiger partial charge < -0.3 is 10.6 Å². The molecule has 1 aliphatic heterocycles. The van der Waals surface area contributed by atoms with Crippen LogP contribution in [0.4, 0.5) is 5.69 Å². The molecular formula is C15H25N3. The number of benzene rings is 1. The van der Waals surface area contributed by atoms with Gasteiger partial charge in [-0.15, -0.1) is 0 Å². The summed E-state index contributed by atoms with van der Waals surface area (Å²) < 4.78 is 0. The van der Waals surface area contributed by atoms with E-state index < -0.39 is 0 Å². The lowest BCUT2D eigenvalue weighted by molar-refractivity contribution is 0.154. The van der Waals surface area contributed by atoms with E-state index in [4.69, 9.17) is 5.73 Å². The van der Waals surface area contributed by atoms with Gasteiger partial charge in [0.15, 0.2) is 0 Å². The minimum absolute atomic E-state index is 0.596. The molecule has 1 unspecified atom stereocenters. The van der Waals surface area contributed by atoms with Gasteiger partial charge in [0.1, 0.15) is 0 Å². The molecule has 2 rings (SSSR count). The molecule has 100 valence electrons. The van der Waals surface area contributed by atoms with E-state index in [0.29, 0.717) is 6.04 Å². The molecule has 0 aliphatic carbocycles. The average molecular weight is 247 g/mol. The fourth-order valence-electron chi connectivity index (χ4n) is 2.72. The predicted octanol–water partition coefficient (Wildman–Crippen LogP) is 2.31. The Balaban J connectivity index is 1.97. The number of fused-ring (bicyclic) bond motifs is 1. The lowest BCUT2D eigenvalue weighted by Crippen LogP contribution is -2.39. The highest BCUT2D eigenvalue weighted by Gasteiger charge is 2.23. The van der Waals surface area contributed by atoms with Gasteiger partial charge >= 0.3 is 0 Å². The molecule has 0 aromatic heterocycles. The number of nitrogens with zero attached hydrogens (tertiary/aromatic N) is 2. The van der Waals surface area contributed by atoms with E-state index in [1.165, 1.54) is 11.1 Å². The van der Waals surface area contributed by atoms with Gasteiger partial charge in [0.2, 0.25) is 0 Å². The van der Waals surface area contributed by atoms with E-state index in [9.17, 15) is 0 Å². The zero-order valence-electron chi connectivity index (χ0n) is 11.8. The molecule has 0 saturated heterocycles. The summed E-state index contributed by atoms with van der Waals surface area (Å²) in [6, 6.07) is 6.91. The maximum absolute atomic E-state index is 5.85. The van der Waals surface area contributed by atoms with Gasteiger partial charge in [-0.05, 0) is 43.3 Å². The van der Waals surface area contributed by atoms with Crippen LogP contribution in [-0.2, 0) is 13.1 Å². The summed E-state index contributed by atoms with van der Waals surface area (Å²) in [5, 5.41) is 0. The summed E-state index contributed by atoms with van der Waals surface area (Å²) in [5.41, 5.74) is 9.58. The first-order valence-electron chi connectivity index (χ1n) is 6.97. The first-order chi connectivity index (χ1) is 8.63. The van der Waals surface area contributed by atoms with Crippen molar-refractivity contribution < 1.29 is 0 Å². The van der Waals surface area contributed by atoms with Crippen LogP contribution in [0, 0.1) is 0 Å². The van der Waals surface area contributed by atoms with E-state index in [-0.39, 0.29) is 0 Å². The van der Waals surface area contributed by atoms with Gasteiger partial charge in [-0.3, -0.25) is 4.90 Å². The number of anilines is 1. The van der Waals surface area contributed by atoms with Crippen LogP contribution in [0.2, 0.25) is 0 Å². The Morgan fingerprint density at radius 1 is 1.22 bits per heavy atom. The fraction of sp³-hybridized carbons (Fsp3) is 0.600. The Labute approximate surface area is 111 Å². The molecule has 0 amide bonds. The Hall–Kier alpha value is -1.06. The van der Waals surface area contributed by atoms with Crippen LogP contribution in [-0.4, -0.2) is 35.5 Å². The fourth-order valence-corrected chi connectivity index (χ4v) is 2.72. The van der Waals surface area contributed by atoms with Crippen molar-refractivity contribution in [3.8, 4) is 0 Å². The highest BCUT2D eigenvalue weighted by atomic mass is 15.2. The van der Waals surface area contributed by atoms with Gasteiger partial charge in [0.25, 0.3) is 0 Å². The maximum Gasteiger partial charge on any atom is 0.0317 e. The minimum atomic E-state index is 0.596. The molecule has 1 aliphatic rings. The first kappa shape index (κ1) is 13.4. The number of nitrogens with two attached hydrogens (primary N) is 1. The molecule has 0 spiro atoms. The third-order valence-electron chi connectivity index (χ3n) is 4.02. The number of hydrogen-bond acceptors (Lipinski definition) is 3. The van der Waals surface area contributed by atoms with E-state index in [1.807, 2.05) is 6.07 Å². The van der Waals surface area contributed by atoms with Crippen LogP contribution in [0.1, 0.15) is 31.9 Å². The lowest BCUT2D eigenvalue weighted by Gasteiger charge is -2.29. The van der Waals surface area contributed by atoms with Crippen molar-refractivity contribution in [2.24, 2.45) is 0 Å². The SMILES string of the molecule is CCN(CC)CC(C)N1Cc2ccc(N)cc2C1. The molecule has 0 radical (unpaired) electrons. The molecule has 1 aromatic rings. The topological polar surface area (TPSA) is 32.5 Å². The van der Waals surface area contributed by atoms with Crippen molar-refractivity contribution in [2.75, 3.05) is 25.4 Å². The van der Waals surface area contributed by atoms with Crippen molar-refractivity contribution in [1.29, 1.82) is 0 Å². The van der Waals surface area contributed by atoms with Gasteiger partial charge in [-0.2, -0.15) is 0 Å². The van der Waals surface area contributed by atoms with Gasteiger partial charge in [0.05, 0.1) is 0 Å². The molecule has 1 heterocycles. The second-order valence-electron chi connectivity index (χ2n) is 5.27. The monoisotopic (exact) mass is 247 g/mol. The van der Waals surface area contributed by atoms with Crippen LogP contribution in [0.5, 0.6) is 0 Å². The van der Waals surface area contributed by atoms with Crippen molar-refractivity contribution in [3.05, 3.63) is 29.3 Å². The van der Waals surface area contributed by atoms with E-state index in [0.717, 1.165) is 38.4 Å². The van der Waals surface area contributed by atoms with Crippen LogP contribution in [0.15, 0.2) is 18.2 Å². The molecule has 2 N–H and O–H groups in total. The molecule has 1 aromatic carbocycles. The third kappa shape index (κ3) is 2.85. The molecule has 18 heavy (non-hydrogen) atoms. The highest BCUT2D eigenvalue weighted by molar-refractivity contribution is 5.46. The van der Waals surface area contributed by atoms with Crippen molar-refractivity contribution in [2.45, 2.75) is 39.9 Å². The third-order valence-corrected chi connectivity index (χ3v) is 4.02. The van der Waals surface area contributed by atoms with Crippen molar-refractivity contribution in [3.63, 3.8) is 0 Å². The Bertz CT molecular complexity index is 399. The molecule has 1 atom stereocenters. The quantitative estimate of drug-likeness (QED) is 0.811. The molecule has 0 saturated carbocycles. The van der Waals surface area contributed by atoms with Gasteiger partial charge in [0, 0.05) is 31.4 Å². The summed E-state index contributed by atoms with van der Waals surface area (Å²) in [5.74, 6) is 0. The largest absolute Gasteiger partial charge is 0.399 e. The molecule has 3 nitrogen and oxygen atoms in total. The zero-order valence-corrected chi connectivity index (χ0v) is 11.8. The first-order valence-corrected chi connectivity index (χ1v) is 6.97. The van der Waals surface area contributed by atoms with Crippen molar-refractivity contribution >= 4 is 5.69 Å². The second kappa shape index (κ2) is 5.72. The minimum Gasteiger partial charge on any atom is -0.399 e. The van der Waals surface area contributed by atoms with Crippen LogP contribution < -0.4 is 5.73 Å². The van der Waals surface area contributed by atoms with Crippen LogP contribution in [0.25, 0.3) is 0 Å².